The maximum Gasteiger partial charge on any atom is 0.435 e. The number of amides is 1. The number of halogens is 3. The van der Waals surface area contributed by atoms with Gasteiger partial charge in [-0.15, -0.1) is 0 Å². The van der Waals surface area contributed by atoms with Crippen LogP contribution in [0.2, 0.25) is 0 Å². The summed E-state index contributed by atoms with van der Waals surface area (Å²) in [5.41, 5.74) is -0.964. The number of ether oxygens (including phenoxy) is 1. The van der Waals surface area contributed by atoms with Crippen LogP contribution >= 0.6 is 0 Å². The van der Waals surface area contributed by atoms with E-state index in [1.165, 1.54) is 50.6 Å². The molecule has 2 N–H and O–H groups in total. The van der Waals surface area contributed by atoms with Crippen molar-refractivity contribution in [1.29, 1.82) is 0 Å². The van der Waals surface area contributed by atoms with E-state index in [-0.39, 0.29) is 16.3 Å². The van der Waals surface area contributed by atoms with Crippen molar-refractivity contribution in [3.63, 3.8) is 0 Å². The normalized spacial score (nSPS) is 11.8. The standard InChI is InChI=1S/C19H17F3N4O4S/c1-26-16(11-17(24-26)19(20,21)22)18(27)23-12-5-9-15(10-6-12)31(28,29)25-13-3-7-14(30-2)8-4-13/h3-11,25H,1-2H3,(H,23,27). The van der Waals surface area contributed by atoms with Crippen LogP contribution in [0.3, 0.4) is 0 Å². The molecule has 0 saturated heterocycles. The van der Waals surface area contributed by atoms with E-state index >= 15 is 0 Å². The van der Waals surface area contributed by atoms with Gasteiger partial charge >= 0.3 is 6.18 Å². The first kappa shape index (κ1) is 22.2. The number of anilines is 2. The number of sulfonamides is 1. The molecule has 0 aliphatic heterocycles. The van der Waals surface area contributed by atoms with Crippen LogP contribution in [-0.4, -0.2) is 31.2 Å². The average Bonchev–Trinajstić information content (AvgIpc) is 3.11. The second kappa shape index (κ2) is 8.30. The second-order valence-electron chi connectivity index (χ2n) is 6.35. The molecule has 0 radical (unpaired) electrons. The van der Waals surface area contributed by atoms with Gasteiger partial charge in [-0.1, -0.05) is 0 Å². The number of rotatable bonds is 6. The summed E-state index contributed by atoms with van der Waals surface area (Å²) in [5.74, 6) is -0.253. The predicted octanol–water partition coefficient (Wildman–Crippen LogP) is 3.50. The van der Waals surface area contributed by atoms with Gasteiger partial charge in [0.25, 0.3) is 15.9 Å². The third-order valence-corrected chi connectivity index (χ3v) is 5.56. The van der Waals surface area contributed by atoms with E-state index in [1.807, 2.05) is 0 Å². The van der Waals surface area contributed by atoms with Crippen molar-refractivity contribution in [3.05, 3.63) is 66.0 Å². The van der Waals surface area contributed by atoms with Gasteiger partial charge < -0.3 is 10.1 Å². The number of alkyl halides is 3. The first-order chi connectivity index (χ1) is 14.5. The van der Waals surface area contributed by atoms with Gasteiger partial charge in [0.1, 0.15) is 11.4 Å². The molecule has 3 rings (SSSR count). The highest BCUT2D eigenvalue weighted by Crippen LogP contribution is 2.28. The molecule has 31 heavy (non-hydrogen) atoms. The van der Waals surface area contributed by atoms with Crippen molar-refractivity contribution < 1.29 is 31.1 Å². The Labute approximate surface area is 175 Å². The molecule has 8 nitrogen and oxygen atoms in total. The summed E-state index contributed by atoms with van der Waals surface area (Å²) in [6.07, 6.45) is -4.68. The van der Waals surface area contributed by atoms with Crippen LogP contribution in [0.25, 0.3) is 0 Å². The van der Waals surface area contributed by atoms with Gasteiger partial charge in [0.05, 0.1) is 12.0 Å². The highest BCUT2D eigenvalue weighted by molar-refractivity contribution is 7.92. The fourth-order valence-electron chi connectivity index (χ4n) is 2.60. The summed E-state index contributed by atoms with van der Waals surface area (Å²) in [5, 5.41) is 5.69. The molecule has 0 atom stereocenters. The van der Waals surface area contributed by atoms with Crippen molar-refractivity contribution in [2.45, 2.75) is 11.1 Å². The molecule has 0 aliphatic carbocycles. The Balaban J connectivity index is 1.72. The smallest absolute Gasteiger partial charge is 0.435 e. The van der Waals surface area contributed by atoms with Crippen molar-refractivity contribution >= 4 is 27.3 Å². The molecule has 3 aromatic rings. The van der Waals surface area contributed by atoms with E-state index in [9.17, 15) is 26.4 Å². The Morgan fingerprint density at radius 1 is 1.03 bits per heavy atom. The van der Waals surface area contributed by atoms with Crippen molar-refractivity contribution in [1.82, 2.24) is 9.78 Å². The molecule has 2 aromatic carbocycles. The first-order valence-corrected chi connectivity index (χ1v) is 10.2. The Kier molecular flexibility index (Phi) is 5.93. The molecule has 0 fully saturated rings. The Morgan fingerprint density at radius 3 is 2.13 bits per heavy atom. The van der Waals surface area contributed by atoms with E-state index in [0.29, 0.717) is 17.5 Å². The molecule has 0 saturated carbocycles. The molecule has 12 heteroatoms. The zero-order valence-corrected chi connectivity index (χ0v) is 17.1. The van der Waals surface area contributed by atoms with Gasteiger partial charge in [-0.25, -0.2) is 8.42 Å². The molecule has 0 unspecified atom stereocenters. The first-order valence-electron chi connectivity index (χ1n) is 8.69. The molecule has 0 aliphatic rings. The van der Waals surface area contributed by atoms with Crippen LogP contribution in [0.15, 0.2) is 59.5 Å². The molecule has 1 amide bonds. The SMILES string of the molecule is COc1ccc(NS(=O)(=O)c2ccc(NC(=O)c3cc(C(F)(F)F)nn3C)cc2)cc1. The Morgan fingerprint density at radius 2 is 1.61 bits per heavy atom. The van der Waals surface area contributed by atoms with Crippen LogP contribution in [-0.2, 0) is 23.2 Å². The van der Waals surface area contributed by atoms with Gasteiger partial charge in [0.15, 0.2) is 5.69 Å². The maximum atomic E-state index is 12.7. The quantitative estimate of drug-likeness (QED) is 0.594. The number of nitrogens with one attached hydrogen (secondary N) is 2. The Hall–Kier alpha value is -3.54. The Bertz CT molecular complexity index is 1190. The number of methoxy groups -OCH3 is 1. The number of hydrogen-bond acceptors (Lipinski definition) is 5. The van der Waals surface area contributed by atoms with Crippen molar-refractivity contribution in [3.8, 4) is 5.75 Å². The summed E-state index contributed by atoms with van der Waals surface area (Å²) < 4.78 is 71.5. The fourth-order valence-corrected chi connectivity index (χ4v) is 3.66. The number of aromatic nitrogens is 2. The van der Waals surface area contributed by atoms with Gasteiger partial charge in [0.2, 0.25) is 0 Å². The molecule has 0 spiro atoms. The molecule has 1 aromatic heterocycles. The van der Waals surface area contributed by atoms with Crippen LogP contribution in [0, 0.1) is 0 Å². The number of hydrogen-bond donors (Lipinski definition) is 2. The fraction of sp³-hybridized carbons (Fsp3) is 0.158. The predicted molar refractivity (Wildman–Crippen MR) is 106 cm³/mol. The van der Waals surface area contributed by atoms with Gasteiger partial charge in [-0.05, 0) is 48.5 Å². The minimum atomic E-state index is -4.68. The molecular weight excluding hydrogens is 437 g/mol. The lowest BCUT2D eigenvalue weighted by Gasteiger charge is -2.10. The average molecular weight is 454 g/mol. The third kappa shape index (κ3) is 5.15. The van der Waals surface area contributed by atoms with E-state index in [4.69, 9.17) is 4.74 Å². The van der Waals surface area contributed by atoms with Crippen LogP contribution < -0.4 is 14.8 Å². The largest absolute Gasteiger partial charge is 0.497 e. The van der Waals surface area contributed by atoms with E-state index < -0.39 is 27.8 Å². The van der Waals surface area contributed by atoms with Gasteiger partial charge in [-0.3, -0.25) is 14.2 Å². The summed E-state index contributed by atoms with van der Waals surface area (Å²) >= 11 is 0. The van der Waals surface area contributed by atoms with Crippen molar-refractivity contribution in [2.24, 2.45) is 7.05 Å². The lowest BCUT2D eigenvalue weighted by atomic mass is 10.3. The van der Waals surface area contributed by atoms with Crippen LogP contribution in [0.1, 0.15) is 16.2 Å². The second-order valence-corrected chi connectivity index (χ2v) is 8.03. The topological polar surface area (TPSA) is 102 Å². The molecule has 164 valence electrons. The number of aryl methyl sites for hydroxylation is 1. The zero-order valence-electron chi connectivity index (χ0n) is 16.3. The minimum absolute atomic E-state index is 0.0683. The highest BCUT2D eigenvalue weighted by atomic mass is 32.2. The minimum Gasteiger partial charge on any atom is -0.497 e. The van der Waals surface area contributed by atoms with Crippen LogP contribution in [0.4, 0.5) is 24.5 Å². The summed E-state index contributed by atoms with van der Waals surface area (Å²) in [6.45, 7) is 0. The van der Waals surface area contributed by atoms with Crippen molar-refractivity contribution in [2.75, 3.05) is 17.1 Å². The summed E-state index contributed by atoms with van der Waals surface area (Å²) in [7, 11) is -1.19. The number of benzene rings is 2. The third-order valence-electron chi connectivity index (χ3n) is 4.17. The number of carbonyl (C=O) groups is 1. The maximum absolute atomic E-state index is 12.7. The van der Waals surface area contributed by atoms with E-state index in [0.717, 1.165) is 4.68 Å². The zero-order chi connectivity index (χ0) is 22.8. The van der Waals surface area contributed by atoms with Crippen LogP contribution in [0.5, 0.6) is 5.75 Å². The van der Waals surface area contributed by atoms with E-state index in [2.05, 4.69) is 15.1 Å². The van der Waals surface area contributed by atoms with E-state index in [1.54, 1.807) is 12.1 Å². The molecule has 0 bridgehead atoms. The lowest BCUT2D eigenvalue weighted by Crippen LogP contribution is -2.16. The highest BCUT2D eigenvalue weighted by Gasteiger charge is 2.35. The molecule has 1 heterocycles. The number of nitrogens with zero attached hydrogens (tertiary/aromatic N) is 2. The monoisotopic (exact) mass is 454 g/mol. The lowest BCUT2D eigenvalue weighted by molar-refractivity contribution is -0.141. The van der Waals surface area contributed by atoms with Gasteiger partial charge in [0, 0.05) is 24.5 Å². The summed E-state index contributed by atoms with van der Waals surface area (Å²) in [6, 6.07) is 12.0. The molecular formula is C19H17F3N4O4S. The number of carbonyl (C=O) groups excluding carboxylic acids is 1. The summed E-state index contributed by atoms with van der Waals surface area (Å²) in [4.78, 5) is 12.2. The van der Waals surface area contributed by atoms with Gasteiger partial charge in [-0.2, -0.15) is 18.3 Å².